The van der Waals surface area contributed by atoms with Gasteiger partial charge in [-0.05, 0) is 76.3 Å². The van der Waals surface area contributed by atoms with Crippen molar-refractivity contribution >= 4 is 11.8 Å². The highest BCUT2D eigenvalue weighted by atomic mass is 16.5. The van der Waals surface area contributed by atoms with E-state index in [4.69, 9.17) is 19.5 Å². The van der Waals surface area contributed by atoms with Gasteiger partial charge in [-0.15, -0.1) is 0 Å². The van der Waals surface area contributed by atoms with Crippen molar-refractivity contribution in [3.05, 3.63) is 33.9 Å². The Morgan fingerprint density at radius 1 is 0.800 bits per heavy atom. The van der Waals surface area contributed by atoms with E-state index >= 15 is 0 Å². The summed E-state index contributed by atoms with van der Waals surface area (Å²) in [6, 6.07) is 2.26. The molecule has 0 spiro atoms. The van der Waals surface area contributed by atoms with E-state index in [-0.39, 0.29) is 11.1 Å². The van der Waals surface area contributed by atoms with E-state index in [0.717, 1.165) is 24.6 Å². The Bertz CT molecular complexity index is 697. The summed E-state index contributed by atoms with van der Waals surface area (Å²) in [4.78, 5) is 9.44. The van der Waals surface area contributed by atoms with Gasteiger partial charge in [0, 0.05) is 12.8 Å². The summed E-state index contributed by atoms with van der Waals surface area (Å²) in [7, 11) is 0. The van der Waals surface area contributed by atoms with Gasteiger partial charge < -0.3 is 9.47 Å². The summed E-state index contributed by atoms with van der Waals surface area (Å²) in [5.41, 5.74) is 6.31. The standard InChI is InChI=1S/C21H30N2O2/c1-13-8-14(2)17(10-19-23-21(6,7)12-25-19)15(3)16(13)9-18-22-20(4,5)11-24-18/h8H,9-12H2,1-7H3. The fourth-order valence-electron chi connectivity index (χ4n) is 3.62. The molecular formula is C21H30N2O2. The Hall–Kier alpha value is -1.84. The average Bonchev–Trinajstić information content (AvgIpc) is 3.01. The number of aliphatic imine (C=N–C) groups is 2. The van der Waals surface area contributed by atoms with Gasteiger partial charge >= 0.3 is 0 Å². The van der Waals surface area contributed by atoms with Gasteiger partial charge in [0.2, 0.25) is 0 Å². The molecule has 0 fully saturated rings. The van der Waals surface area contributed by atoms with Crippen molar-refractivity contribution in [2.24, 2.45) is 9.98 Å². The van der Waals surface area contributed by atoms with Crippen LogP contribution in [0.4, 0.5) is 0 Å². The Balaban J connectivity index is 1.90. The number of rotatable bonds is 4. The zero-order valence-corrected chi connectivity index (χ0v) is 16.6. The van der Waals surface area contributed by atoms with Gasteiger partial charge in [0.05, 0.1) is 11.1 Å². The SMILES string of the molecule is Cc1cc(C)c(CC2=NC(C)(C)CO2)c(C)c1CC1=NC(C)(C)CO1. The lowest BCUT2D eigenvalue weighted by Crippen LogP contribution is -2.17. The largest absolute Gasteiger partial charge is 0.478 e. The Labute approximate surface area is 151 Å². The molecule has 25 heavy (non-hydrogen) atoms. The monoisotopic (exact) mass is 342 g/mol. The second-order valence-corrected chi connectivity index (χ2v) is 8.66. The van der Waals surface area contributed by atoms with E-state index in [2.05, 4.69) is 54.5 Å². The molecular weight excluding hydrogens is 312 g/mol. The normalized spacial score (nSPS) is 20.8. The lowest BCUT2D eigenvalue weighted by Gasteiger charge is -2.17. The Morgan fingerprint density at radius 2 is 1.20 bits per heavy atom. The quantitative estimate of drug-likeness (QED) is 0.826. The first-order valence-electron chi connectivity index (χ1n) is 9.08. The first-order valence-corrected chi connectivity index (χ1v) is 9.08. The fourth-order valence-corrected chi connectivity index (χ4v) is 3.62. The third kappa shape index (κ3) is 3.88. The molecule has 3 rings (SSSR count). The van der Waals surface area contributed by atoms with Crippen LogP contribution in [0.15, 0.2) is 16.1 Å². The summed E-state index contributed by atoms with van der Waals surface area (Å²) in [6.45, 7) is 16.3. The summed E-state index contributed by atoms with van der Waals surface area (Å²) in [5.74, 6) is 1.70. The highest BCUT2D eigenvalue weighted by molar-refractivity contribution is 5.83. The van der Waals surface area contributed by atoms with Crippen LogP contribution >= 0.6 is 0 Å². The lowest BCUT2D eigenvalue weighted by atomic mass is 9.90. The molecule has 0 radical (unpaired) electrons. The summed E-state index contributed by atoms with van der Waals surface area (Å²) >= 11 is 0. The minimum absolute atomic E-state index is 0.108. The molecule has 0 unspecified atom stereocenters. The van der Waals surface area contributed by atoms with Crippen molar-refractivity contribution in [1.82, 2.24) is 0 Å². The molecule has 2 heterocycles. The minimum Gasteiger partial charge on any atom is -0.478 e. The highest BCUT2D eigenvalue weighted by Gasteiger charge is 2.29. The molecule has 2 aliphatic rings. The van der Waals surface area contributed by atoms with Crippen molar-refractivity contribution < 1.29 is 9.47 Å². The predicted octanol–water partition coefficient (Wildman–Crippen LogP) is 4.11. The molecule has 0 N–H and O–H groups in total. The maximum absolute atomic E-state index is 5.81. The zero-order chi connectivity index (χ0) is 18.4. The number of nitrogens with zero attached hydrogens (tertiary/aromatic N) is 2. The number of hydrogen-bond acceptors (Lipinski definition) is 4. The van der Waals surface area contributed by atoms with Crippen LogP contribution in [0.5, 0.6) is 0 Å². The Morgan fingerprint density at radius 3 is 1.52 bits per heavy atom. The topological polar surface area (TPSA) is 43.2 Å². The first kappa shape index (κ1) is 18.0. The lowest BCUT2D eigenvalue weighted by molar-refractivity contribution is 0.275. The first-order chi connectivity index (χ1) is 11.6. The molecule has 4 heteroatoms. The summed E-state index contributed by atoms with van der Waals surface area (Å²) in [6.07, 6.45) is 1.51. The maximum Gasteiger partial charge on any atom is 0.188 e. The van der Waals surface area contributed by atoms with E-state index in [9.17, 15) is 0 Å². The third-order valence-electron chi connectivity index (χ3n) is 4.99. The second-order valence-electron chi connectivity index (χ2n) is 8.66. The molecule has 0 aliphatic carbocycles. The van der Waals surface area contributed by atoms with Crippen molar-refractivity contribution in [3.63, 3.8) is 0 Å². The summed E-state index contributed by atoms with van der Waals surface area (Å²) in [5, 5.41) is 0. The Kier molecular flexibility index (Phi) is 4.42. The molecule has 1 aromatic rings. The third-order valence-corrected chi connectivity index (χ3v) is 4.99. The number of aryl methyl sites for hydroxylation is 2. The van der Waals surface area contributed by atoms with Crippen LogP contribution in [0.3, 0.4) is 0 Å². The van der Waals surface area contributed by atoms with Crippen LogP contribution in [-0.2, 0) is 22.3 Å². The smallest absolute Gasteiger partial charge is 0.188 e. The van der Waals surface area contributed by atoms with E-state index < -0.39 is 0 Å². The predicted molar refractivity (Wildman–Crippen MR) is 103 cm³/mol. The van der Waals surface area contributed by atoms with E-state index in [1.807, 2.05) is 0 Å². The molecule has 2 aliphatic heterocycles. The molecule has 0 saturated carbocycles. The van der Waals surface area contributed by atoms with Gasteiger partial charge in [0.25, 0.3) is 0 Å². The molecule has 0 amide bonds. The van der Waals surface area contributed by atoms with Gasteiger partial charge in [0.15, 0.2) is 11.8 Å². The minimum atomic E-state index is -0.108. The number of benzene rings is 1. The number of hydrogen-bond donors (Lipinski definition) is 0. The van der Waals surface area contributed by atoms with E-state index in [1.165, 1.54) is 27.8 Å². The van der Waals surface area contributed by atoms with E-state index in [0.29, 0.717) is 13.2 Å². The fraction of sp³-hybridized carbons (Fsp3) is 0.619. The van der Waals surface area contributed by atoms with Gasteiger partial charge in [0.1, 0.15) is 13.2 Å². The number of ether oxygens (including phenoxy) is 2. The molecule has 0 aromatic heterocycles. The van der Waals surface area contributed by atoms with Gasteiger partial charge in [-0.3, -0.25) is 0 Å². The van der Waals surface area contributed by atoms with Crippen LogP contribution in [0.2, 0.25) is 0 Å². The molecule has 136 valence electrons. The van der Waals surface area contributed by atoms with Crippen molar-refractivity contribution in [2.75, 3.05) is 13.2 Å². The molecule has 0 saturated heterocycles. The van der Waals surface area contributed by atoms with Gasteiger partial charge in [-0.25, -0.2) is 9.98 Å². The second kappa shape index (κ2) is 6.15. The van der Waals surface area contributed by atoms with Gasteiger partial charge in [-0.2, -0.15) is 0 Å². The van der Waals surface area contributed by atoms with Crippen LogP contribution in [0, 0.1) is 20.8 Å². The van der Waals surface area contributed by atoms with Crippen molar-refractivity contribution in [2.45, 2.75) is 72.4 Å². The highest BCUT2D eigenvalue weighted by Crippen LogP contribution is 2.28. The maximum atomic E-state index is 5.81. The molecule has 1 aromatic carbocycles. The van der Waals surface area contributed by atoms with E-state index in [1.54, 1.807) is 0 Å². The summed E-state index contributed by atoms with van der Waals surface area (Å²) < 4.78 is 11.6. The van der Waals surface area contributed by atoms with Crippen LogP contribution < -0.4 is 0 Å². The molecule has 0 bridgehead atoms. The van der Waals surface area contributed by atoms with Crippen molar-refractivity contribution in [1.29, 1.82) is 0 Å². The molecule has 0 atom stereocenters. The van der Waals surface area contributed by atoms with Crippen LogP contribution in [0.1, 0.15) is 55.5 Å². The van der Waals surface area contributed by atoms with Crippen LogP contribution in [-0.4, -0.2) is 36.1 Å². The van der Waals surface area contributed by atoms with Gasteiger partial charge in [-0.1, -0.05) is 6.07 Å². The van der Waals surface area contributed by atoms with Crippen molar-refractivity contribution in [3.8, 4) is 0 Å². The molecule has 4 nitrogen and oxygen atoms in total. The van der Waals surface area contributed by atoms with Crippen LogP contribution in [0.25, 0.3) is 0 Å². The average molecular weight is 342 g/mol. The zero-order valence-electron chi connectivity index (χ0n) is 16.6.